The van der Waals surface area contributed by atoms with Crippen molar-refractivity contribution in [3.63, 3.8) is 0 Å². The molecule has 4 heterocycles. The van der Waals surface area contributed by atoms with Crippen LogP contribution in [0.5, 0.6) is 11.5 Å². The molecule has 0 radical (unpaired) electrons. The van der Waals surface area contributed by atoms with Crippen LogP contribution in [-0.2, 0) is 11.3 Å². The number of halogens is 2. The number of hydrogen-bond acceptors (Lipinski definition) is 9. The first-order valence-electron chi connectivity index (χ1n) is 11.5. The van der Waals surface area contributed by atoms with Gasteiger partial charge in [0.25, 0.3) is 0 Å². The Labute approximate surface area is 223 Å². The van der Waals surface area contributed by atoms with Crippen molar-refractivity contribution < 1.29 is 14.2 Å². The van der Waals surface area contributed by atoms with E-state index in [1.54, 1.807) is 18.5 Å². The number of nitrogens with zero attached hydrogens (tertiary/aromatic N) is 7. The molecule has 2 aliphatic rings. The topological polar surface area (TPSA) is 130 Å². The average molecular weight is 543 g/mol. The molecule has 0 saturated carbocycles. The third kappa shape index (κ3) is 4.67. The molecule has 192 valence electrons. The molecule has 2 aliphatic heterocycles. The second-order valence-electron chi connectivity index (χ2n) is 8.68. The highest BCUT2D eigenvalue weighted by Crippen LogP contribution is 2.51. The van der Waals surface area contributed by atoms with Crippen molar-refractivity contribution in [3.05, 3.63) is 56.1 Å². The first-order valence-corrected chi connectivity index (χ1v) is 12.3. The lowest BCUT2D eigenvalue weighted by Crippen LogP contribution is -2.41. The van der Waals surface area contributed by atoms with Gasteiger partial charge in [-0.1, -0.05) is 28.3 Å². The number of aromatic nitrogens is 3. The molecule has 3 aromatic rings. The van der Waals surface area contributed by atoms with Crippen LogP contribution in [0.15, 0.2) is 29.6 Å². The summed E-state index contributed by atoms with van der Waals surface area (Å²) in [5.41, 5.74) is 12.8. The number of anilines is 3. The Bertz CT molecular complexity index is 1370. The number of fused-ring (bicyclic) bond motifs is 3. The first kappa shape index (κ1) is 25.2. The number of nitrogens with one attached hydrogen (secondary N) is 1. The summed E-state index contributed by atoms with van der Waals surface area (Å²) in [5.74, 6) is 1.90. The van der Waals surface area contributed by atoms with Gasteiger partial charge in [0.05, 0.1) is 50.8 Å². The highest BCUT2D eigenvalue weighted by atomic mass is 35.5. The van der Waals surface area contributed by atoms with Crippen molar-refractivity contribution in [2.45, 2.75) is 32.0 Å². The molecular weight excluding hydrogens is 519 g/mol. The molecular formula is C24H24Cl2N8O3. The van der Waals surface area contributed by atoms with Gasteiger partial charge >= 0.3 is 0 Å². The van der Waals surface area contributed by atoms with Gasteiger partial charge in [-0.25, -0.2) is 15.0 Å². The number of hydrogen-bond donors (Lipinski definition) is 1. The monoisotopic (exact) mass is 542 g/mol. The number of ether oxygens (including phenoxy) is 3. The molecule has 1 fully saturated rings. The Balaban J connectivity index is 1.58. The van der Waals surface area contributed by atoms with Gasteiger partial charge in [-0.05, 0) is 30.5 Å². The van der Waals surface area contributed by atoms with Crippen LogP contribution in [0.2, 0.25) is 10.0 Å². The zero-order valence-corrected chi connectivity index (χ0v) is 21.9. The molecule has 0 amide bonds. The van der Waals surface area contributed by atoms with Gasteiger partial charge in [0, 0.05) is 41.1 Å². The third-order valence-electron chi connectivity index (χ3n) is 6.36. The fourth-order valence-electron chi connectivity index (χ4n) is 4.55. The van der Waals surface area contributed by atoms with Crippen LogP contribution in [0.3, 0.4) is 0 Å². The van der Waals surface area contributed by atoms with E-state index in [0.717, 1.165) is 22.4 Å². The molecule has 11 nitrogen and oxygen atoms in total. The highest BCUT2D eigenvalue weighted by molar-refractivity contribution is 6.41. The van der Waals surface area contributed by atoms with Crippen molar-refractivity contribution in [3.8, 4) is 22.8 Å². The molecule has 1 saturated heterocycles. The van der Waals surface area contributed by atoms with Crippen molar-refractivity contribution >= 4 is 40.7 Å². The Kier molecular flexibility index (Phi) is 7.12. The van der Waals surface area contributed by atoms with Crippen molar-refractivity contribution in [1.82, 2.24) is 15.0 Å². The zero-order valence-electron chi connectivity index (χ0n) is 20.4. The van der Waals surface area contributed by atoms with E-state index in [1.165, 1.54) is 14.2 Å². The minimum Gasteiger partial charge on any atom is -0.495 e. The number of methoxy groups -OCH3 is 2. The predicted octanol–water partition coefficient (Wildman–Crippen LogP) is 5.70. The molecule has 1 unspecified atom stereocenters. The van der Waals surface area contributed by atoms with Crippen LogP contribution in [0.25, 0.3) is 21.7 Å². The molecule has 37 heavy (non-hydrogen) atoms. The lowest BCUT2D eigenvalue weighted by molar-refractivity contribution is 0.0767. The summed E-state index contributed by atoms with van der Waals surface area (Å²) in [5, 5.41) is 7.86. The van der Waals surface area contributed by atoms with Gasteiger partial charge in [-0.3, -0.25) is 0 Å². The van der Waals surface area contributed by atoms with Crippen LogP contribution in [0.1, 0.15) is 17.5 Å². The lowest BCUT2D eigenvalue weighted by atomic mass is 10.0. The first-order chi connectivity index (χ1) is 17.9. The van der Waals surface area contributed by atoms with Gasteiger partial charge < -0.3 is 24.4 Å². The van der Waals surface area contributed by atoms with Crippen LogP contribution < -0.4 is 19.7 Å². The Morgan fingerprint density at radius 3 is 2.62 bits per heavy atom. The molecule has 1 N–H and O–H groups in total. The Morgan fingerprint density at radius 2 is 1.92 bits per heavy atom. The lowest BCUT2D eigenvalue weighted by Gasteiger charge is -2.33. The largest absolute Gasteiger partial charge is 0.495 e. The molecule has 0 bridgehead atoms. The Morgan fingerprint density at radius 1 is 1.16 bits per heavy atom. The summed E-state index contributed by atoms with van der Waals surface area (Å²) in [6.07, 6.45) is 4.16. The van der Waals surface area contributed by atoms with Crippen molar-refractivity contribution in [2.24, 2.45) is 5.11 Å². The quantitative estimate of drug-likeness (QED) is 0.238. The van der Waals surface area contributed by atoms with Gasteiger partial charge in [0.2, 0.25) is 5.95 Å². The van der Waals surface area contributed by atoms with E-state index in [4.69, 9.17) is 52.9 Å². The molecule has 5 rings (SSSR count). The second kappa shape index (κ2) is 10.5. The average Bonchev–Trinajstić information content (AvgIpc) is 2.90. The van der Waals surface area contributed by atoms with Gasteiger partial charge in [0.1, 0.15) is 27.4 Å². The van der Waals surface area contributed by atoms with E-state index in [-0.39, 0.29) is 12.1 Å². The number of rotatable bonds is 6. The summed E-state index contributed by atoms with van der Waals surface area (Å²) in [6.45, 7) is 3.26. The Hall–Kier alpha value is -3.50. The number of benzene rings is 1. The maximum Gasteiger partial charge on any atom is 0.223 e. The molecule has 2 atom stereocenters. The van der Waals surface area contributed by atoms with Crippen LogP contribution >= 0.6 is 23.2 Å². The molecule has 13 heteroatoms. The van der Waals surface area contributed by atoms with Gasteiger partial charge in [0.15, 0.2) is 0 Å². The van der Waals surface area contributed by atoms with E-state index in [1.807, 2.05) is 17.9 Å². The zero-order chi connectivity index (χ0) is 26.1. The summed E-state index contributed by atoms with van der Waals surface area (Å²) in [4.78, 5) is 19.0. The van der Waals surface area contributed by atoms with Crippen molar-refractivity contribution in [2.75, 3.05) is 37.7 Å². The second-order valence-corrected chi connectivity index (χ2v) is 9.44. The minimum absolute atomic E-state index is 0.236. The van der Waals surface area contributed by atoms with Gasteiger partial charge in [-0.15, -0.1) is 0 Å². The smallest absolute Gasteiger partial charge is 0.223 e. The number of azide groups is 1. The maximum absolute atomic E-state index is 8.93. The van der Waals surface area contributed by atoms with E-state index in [9.17, 15) is 0 Å². The van der Waals surface area contributed by atoms with Gasteiger partial charge in [-0.2, -0.15) is 0 Å². The normalized spacial score (nSPS) is 18.4. The highest BCUT2D eigenvalue weighted by Gasteiger charge is 2.32. The summed E-state index contributed by atoms with van der Waals surface area (Å²) >= 11 is 13.5. The number of pyridine rings is 1. The standard InChI is InChI=1S/C24H24Cl2N8O3/c1-12-6-14-21-13(9-29-24(31-21)30-16-11-37-5-4-15(16)32-33-27)10-34(23(14)28-8-12)22-19(25)17(35-2)7-18(36-3)20(22)26/h6-9,15-16H,4-5,10-11H2,1-3H3,(H,29,30,31)/t15?,16-/m1/s1. The molecule has 1 aromatic carbocycles. The van der Waals surface area contributed by atoms with E-state index >= 15 is 0 Å². The SMILES string of the molecule is COc1cc(OC)c(Cl)c(N2Cc3cnc(N[C@@H]4COCCC4N=[N+]=[N-])nc3-c3cc(C)cnc32)c1Cl. The molecule has 0 spiro atoms. The summed E-state index contributed by atoms with van der Waals surface area (Å²) in [7, 11) is 3.07. The van der Waals surface area contributed by atoms with Crippen LogP contribution in [0.4, 0.5) is 17.5 Å². The molecule has 2 aromatic heterocycles. The fraction of sp³-hybridized carbons (Fsp3) is 0.375. The predicted molar refractivity (Wildman–Crippen MR) is 141 cm³/mol. The summed E-state index contributed by atoms with van der Waals surface area (Å²) < 4.78 is 16.5. The van der Waals surface area contributed by atoms with E-state index in [2.05, 4.69) is 20.3 Å². The van der Waals surface area contributed by atoms with Crippen LogP contribution in [-0.4, -0.2) is 54.5 Å². The minimum atomic E-state index is -0.252. The maximum atomic E-state index is 8.93. The van der Waals surface area contributed by atoms with Crippen molar-refractivity contribution in [1.29, 1.82) is 0 Å². The van der Waals surface area contributed by atoms with Crippen LogP contribution in [0, 0.1) is 6.92 Å². The molecule has 0 aliphatic carbocycles. The van der Waals surface area contributed by atoms with E-state index < -0.39 is 0 Å². The summed E-state index contributed by atoms with van der Waals surface area (Å²) in [6, 6.07) is 3.17. The van der Waals surface area contributed by atoms with E-state index in [0.29, 0.717) is 65.2 Å². The third-order valence-corrected chi connectivity index (χ3v) is 7.09. The fourth-order valence-corrected chi connectivity index (χ4v) is 5.26. The number of aryl methyl sites for hydroxylation is 1.